The Bertz CT molecular complexity index is 1030. The normalized spacial score (nSPS) is 16.2. The molecule has 0 unspecified atom stereocenters. The van der Waals surface area contributed by atoms with Crippen LogP contribution in [0, 0.1) is 0 Å². The topological polar surface area (TPSA) is 127 Å². The molecule has 1 aliphatic heterocycles. The van der Waals surface area contributed by atoms with Gasteiger partial charge in [-0.1, -0.05) is 6.07 Å². The molecule has 3 N–H and O–H groups in total. The largest absolute Gasteiger partial charge is 0.325 e. The van der Waals surface area contributed by atoms with Gasteiger partial charge < -0.3 is 5.32 Å². The van der Waals surface area contributed by atoms with Crippen LogP contribution in [0.15, 0.2) is 51.6 Å². The number of hydrogen-bond acceptors (Lipinski definition) is 7. The summed E-state index contributed by atoms with van der Waals surface area (Å²) in [5, 5.41) is 8.83. The first-order valence-electron chi connectivity index (χ1n) is 7.45. The molecule has 0 bridgehead atoms. The van der Waals surface area contributed by atoms with Gasteiger partial charge in [0.15, 0.2) is 0 Å². The van der Waals surface area contributed by atoms with Crippen LogP contribution >= 0.6 is 23.1 Å². The standard InChI is InChI=1S/C16H13N3O5S3/c17-27(23,24)12-5-3-10(4-6-12)18-14(20)9-19-15(21)13(26-16(19)22)8-11-2-1-7-25-11/h1-8H,9H2,(H,18,20)(H2,17,23,24). The molecule has 2 heterocycles. The Morgan fingerprint density at radius 1 is 1.19 bits per heavy atom. The zero-order valence-electron chi connectivity index (χ0n) is 13.6. The van der Waals surface area contributed by atoms with E-state index < -0.39 is 33.6 Å². The van der Waals surface area contributed by atoms with E-state index in [4.69, 9.17) is 5.14 Å². The number of carbonyl (C=O) groups excluding carboxylic acids is 3. The van der Waals surface area contributed by atoms with E-state index in [2.05, 4.69) is 5.32 Å². The predicted octanol–water partition coefficient (Wildman–Crippen LogP) is 2.07. The Hall–Kier alpha value is -2.47. The number of amides is 3. The molecule has 0 spiro atoms. The molecule has 27 heavy (non-hydrogen) atoms. The van der Waals surface area contributed by atoms with Crippen LogP contribution in [0.25, 0.3) is 6.08 Å². The summed E-state index contributed by atoms with van der Waals surface area (Å²) in [6, 6.07) is 8.86. The van der Waals surface area contributed by atoms with E-state index >= 15 is 0 Å². The molecule has 8 nitrogen and oxygen atoms in total. The number of primary sulfonamides is 1. The first kappa shape index (κ1) is 19.3. The second-order valence-corrected chi connectivity index (χ2v) is 8.93. The highest BCUT2D eigenvalue weighted by Gasteiger charge is 2.36. The van der Waals surface area contributed by atoms with Gasteiger partial charge in [0.05, 0.1) is 9.80 Å². The van der Waals surface area contributed by atoms with Crippen LogP contribution in [0.5, 0.6) is 0 Å². The Labute approximate surface area is 163 Å². The van der Waals surface area contributed by atoms with Gasteiger partial charge in [0, 0.05) is 10.6 Å². The van der Waals surface area contributed by atoms with Crippen molar-refractivity contribution in [2.24, 2.45) is 5.14 Å². The van der Waals surface area contributed by atoms with E-state index in [9.17, 15) is 22.8 Å². The van der Waals surface area contributed by atoms with Gasteiger partial charge in [-0.05, 0) is 53.5 Å². The number of nitrogens with one attached hydrogen (secondary N) is 1. The molecule has 140 valence electrons. The zero-order valence-corrected chi connectivity index (χ0v) is 16.1. The Kier molecular flexibility index (Phi) is 5.46. The number of thioether (sulfide) groups is 1. The molecule has 1 aliphatic rings. The monoisotopic (exact) mass is 423 g/mol. The summed E-state index contributed by atoms with van der Waals surface area (Å²) in [7, 11) is -3.83. The molecule has 3 amide bonds. The lowest BCUT2D eigenvalue weighted by atomic mass is 10.3. The quantitative estimate of drug-likeness (QED) is 0.709. The predicted molar refractivity (Wildman–Crippen MR) is 103 cm³/mol. The molecule has 3 rings (SSSR count). The fourth-order valence-electron chi connectivity index (χ4n) is 2.21. The van der Waals surface area contributed by atoms with Crippen molar-refractivity contribution in [2.75, 3.05) is 11.9 Å². The van der Waals surface area contributed by atoms with Crippen molar-refractivity contribution in [1.29, 1.82) is 0 Å². The van der Waals surface area contributed by atoms with Gasteiger partial charge in [0.25, 0.3) is 11.1 Å². The van der Waals surface area contributed by atoms with Crippen LogP contribution in [0.2, 0.25) is 0 Å². The lowest BCUT2D eigenvalue weighted by molar-refractivity contribution is -0.127. The van der Waals surface area contributed by atoms with E-state index in [-0.39, 0.29) is 9.80 Å². The van der Waals surface area contributed by atoms with Crippen molar-refractivity contribution >= 4 is 61.9 Å². The second kappa shape index (κ2) is 7.64. The molecule has 11 heteroatoms. The van der Waals surface area contributed by atoms with Crippen LogP contribution in [0.4, 0.5) is 10.5 Å². The number of benzene rings is 1. The third kappa shape index (κ3) is 4.63. The van der Waals surface area contributed by atoms with E-state index in [0.29, 0.717) is 5.69 Å². The minimum atomic E-state index is -3.83. The van der Waals surface area contributed by atoms with E-state index in [1.807, 2.05) is 17.5 Å². The maximum Gasteiger partial charge on any atom is 0.294 e. The van der Waals surface area contributed by atoms with Gasteiger partial charge in [-0.2, -0.15) is 0 Å². The summed E-state index contributed by atoms with van der Waals surface area (Å²) in [5.41, 5.74) is 0.313. The highest BCUT2D eigenvalue weighted by Crippen LogP contribution is 2.32. The van der Waals surface area contributed by atoms with Crippen LogP contribution in [-0.2, 0) is 19.6 Å². The van der Waals surface area contributed by atoms with Crippen molar-refractivity contribution in [3.63, 3.8) is 0 Å². The van der Waals surface area contributed by atoms with Gasteiger partial charge in [-0.15, -0.1) is 11.3 Å². The first-order chi connectivity index (χ1) is 12.7. The third-order valence-corrected chi connectivity index (χ3v) is 6.11. The molecule has 0 atom stereocenters. The Morgan fingerprint density at radius 3 is 2.48 bits per heavy atom. The SMILES string of the molecule is NS(=O)(=O)c1ccc(NC(=O)CN2C(=O)SC(=Cc3cccs3)C2=O)cc1. The number of sulfonamides is 1. The van der Waals surface area contributed by atoms with Gasteiger partial charge in [-0.3, -0.25) is 19.3 Å². The smallest absolute Gasteiger partial charge is 0.294 e. The molecule has 0 aliphatic carbocycles. The van der Waals surface area contributed by atoms with Crippen LogP contribution < -0.4 is 10.5 Å². The van der Waals surface area contributed by atoms with E-state index in [0.717, 1.165) is 21.5 Å². The lowest BCUT2D eigenvalue weighted by Gasteiger charge is -2.12. The number of hydrogen-bond donors (Lipinski definition) is 2. The number of nitrogens with zero attached hydrogens (tertiary/aromatic N) is 1. The molecule has 0 saturated carbocycles. The van der Waals surface area contributed by atoms with Crippen molar-refractivity contribution in [3.8, 4) is 0 Å². The minimum absolute atomic E-state index is 0.0925. The summed E-state index contributed by atoms with van der Waals surface area (Å²) in [6.07, 6.45) is 1.61. The lowest BCUT2D eigenvalue weighted by Crippen LogP contribution is -2.36. The van der Waals surface area contributed by atoms with Gasteiger partial charge in [-0.25, -0.2) is 13.6 Å². The Morgan fingerprint density at radius 2 is 1.89 bits per heavy atom. The molecule has 2 aromatic rings. The minimum Gasteiger partial charge on any atom is -0.325 e. The van der Waals surface area contributed by atoms with E-state index in [1.54, 1.807) is 6.08 Å². The summed E-state index contributed by atoms with van der Waals surface area (Å²) in [6.45, 7) is -0.441. The summed E-state index contributed by atoms with van der Waals surface area (Å²) < 4.78 is 22.4. The maximum absolute atomic E-state index is 12.3. The number of imide groups is 1. The molecule has 1 saturated heterocycles. The number of thiophene rings is 1. The molecular formula is C16H13N3O5S3. The van der Waals surface area contributed by atoms with Crippen molar-refractivity contribution < 1.29 is 22.8 Å². The Balaban J connectivity index is 1.65. The number of rotatable bonds is 5. The molecular weight excluding hydrogens is 410 g/mol. The van der Waals surface area contributed by atoms with Crippen molar-refractivity contribution in [3.05, 3.63) is 51.6 Å². The average Bonchev–Trinajstić information content (AvgIpc) is 3.19. The number of anilines is 1. The highest BCUT2D eigenvalue weighted by atomic mass is 32.2. The van der Waals surface area contributed by atoms with Crippen molar-refractivity contribution in [2.45, 2.75) is 4.90 Å². The first-order valence-corrected chi connectivity index (χ1v) is 10.7. The fourth-order valence-corrected chi connectivity index (χ4v) is 4.29. The average molecular weight is 423 g/mol. The third-order valence-electron chi connectivity index (χ3n) is 3.46. The fraction of sp³-hybridized carbons (Fsp3) is 0.0625. The molecule has 0 radical (unpaired) electrons. The highest BCUT2D eigenvalue weighted by molar-refractivity contribution is 8.18. The van der Waals surface area contributed by atoms with Gasteiger partial charge in [0.1, 0.15) is 6.54 Å². The second-order valence-electron chi connectivity index (χ2n) is 5.40. The summed E-state index contributed by atoms with van der Waals surface area (Å²) in [4.78, 5) is 38.4. The summed E-state index contributed by atoms with van der Waals surface area (Å²) in [5.74, 6) is -1.11. The maximum atomic E-state index is 12.3. The number of carbonyl (C=O) groups is 3. The van der Waals surface area contributed by atoms with Gasteiger partial charge in [0.2, 0.25) is 15.9 Å². The van der Waals surface area contributed by atoms with Crippen LogP contribution in [0.1, 0.15) is 4.88 Å². The van der Waals surface area contributed by atoms with Crippen molar-refractivity contribution in [1.82, 2.24) is 4.90 Å². The van der Waals surface area contributed by atoms with Gasteiger partial charge >= 0.3 is 0 Å². The van der Waals surface area contributed by atoms with E-state index in [1.165, 1.54) is 35.6 Å². The molecule has 1 aromatic carbocycles. The molecule has 1 aromatic heterocycles. The number of nitrogens with two attached hydrogens (primary N) is 1. The summed E-state index contributed by atoms with van der Waals surface area (Å²) >= 11 is 2.21. The molecule has 1 fully saturated rings. The van der Waals surface area contributed by atoms with Crippen LogP contribution in [-0.4, -0.2) is 36.9 Å². The van der Waals surface area contributed by atoms with Crippen LogP contribution in [0.3, 0.4) is 0 Å². The zero-order chi connectivity index (χ0) is 19.6.